The number of primary amides is 1. The molecule has 0 saturated heterocycles. The second-order valence-electron chi connectivity index (χ2n) is 18.8. The summed E-state index contributed by atoms with van der Waals surface area (Å²) >= 11 is 0. The summed E-state index contributed by atoms with van der Waals surface area (Å²) in [5, 5.41) is 16.4. The topological polar surface area (TPSA) is 319 Å². The van der Waals surface area contributed by atoms with E-state index in [1.165, 1.54) is 24.5 Å². The summed E-state index contributed by atoms with van der Waals surface area (Å²) < 4.78 is 5.42. The molecule has 5 rings (SSSR count). The molecular weight excluding hydrogens is 977 g/mol. The lowest BCUT2D eigenvalue weighted by molar-refractivity contribution is -0.137. The molecule has 10 N–H and O–H groups in total. The predicted octanol–water partition coefficient (Wildman–Crippen LogP) is 5.07. The molecule has 1 aromatic heterocycles. The first kappa shape index (κ1) is 58.5. The number of aliphatic imine (C=N–C) groups is 1. The number of amidine groups is 1. The number of urea groups is 1. The Morgan fingerprint density at radius 2 is 1.51 bits per heavy atom. The number of hydrogen-bond donors (Lipinski definition) is 8. The van der Waals surface area contributed by atoms with E-state index in [4.69, 9.17) is 16.2 Å². The summed E-state index contributed by atoms with van der Waals surface area (Å²) in [5.74, 6) is -2.74. The minimum absolute atomic E-state index is 0.0332. The van der Waals surface area contributed by atoms with Crippen molar-refractivity contribution in [2.24, 2.45) is 22.4 Å². The number of carbonyl (C=O) groups is 9. The zero-order chi connectivity index (χ0) is 55.1. The first-order chi connectivity index (χ1) is 36.4. The molecule has 2 aliphatic heterocycles. The molecule has 0 saturated carbocycles. The van der Waals surface area contributed by atoms with Crippen LogP contribution in [0.25, 0.3) is 6.08 Å². The van der Waals surface area contributed by atoms with Crippen LogP contribution in [0.1, 0.15) is 119 Å². The number of pyridine rings is 1. The standard InChI is InChI=1S/C54H70N12O10/c1-5-23-65(24-6-2)52(73)39-27-37-16-17-38(28-43(37)62-44(55)29-39)49(70)61-41-26-36(30-57-32-41)31-59-54(75)76-33-35-14-18-40(19-15-35)60-50(71)42(12-9-10-22-58-53(56)74)63-51(72)48(34(3)4)64-45(67)13-8-7-11-25-66-46(68)20-21-47(66)69/h14-21,26-28,30,32,34,42,48H,5-13,22-25,29,31,33H2,1-4H3,(H2,55,62)(H,59,75)(H,60,71)(H,61,70)(H,63,72)(H,64,67)(H3,56,58,74)/t42-,48-/m0/s1. The van der Waals surface area contributed by atoms with Gasteiger partial charge in [-0.2, -0.15) is 0 Å². The van der Waals surface area contributed by atoms with Crippen LogP contribution in [-0.2, 0) is 46.7 Å². The molecule has 0 aliphatic carbocycles. The van der Waals surface area contributed by atoms with Crippen LogP contribution in [0.2, 0.25) is 0 Å². The maximum absolute atomic E-state index is 13.7. The maximum atomic E-state index is 13.7. The Morgan fingerprint density at radius 3 is 2.20 bits per heavy atom. The molecule has 3 heterocycles. The van der Waals surface area contributed by atoms with Gasteiger partial charge in [0.25, 0.3) is 17.7 Å². The van der Waals surface area contributed by atoms with Crippen LogP contribution in [0.4, 0.5) is 26.7 Å². The smallest absolute Gasteiger partial charge is 0.407 e. The number of anilines is 2. The molecule has 0 fully saturated rings. The minimum atomic E-state index is -1.02. The second kappa shape index (κ2) is 29.5. The van der Waals surface area contributed by atoms with Crippen molar-refractivity contribution in [3.63, 3.8) is 0 Å². The van der Waals surface area contributed by atoms with Gasteiger partial charge in [0.1, 0.15) is 24.5 Å². The Bertz CT molecular complexity index is 2660. The van der Waals surface area contributed by atoms with Gasteiger partial charge >= 0.3 is 12.1 Å². The van der Waals surface area contributed by atoms with Crippen LogP contribution in [-0.4, -0.2) is 112 Å². The Morgan fingerprint density at radius 1 is 0.789 bits per heavy atom. The highest BCUT2D eigenvalue weighted by Gasteiger charge is 2.29. The van der Waals surface area contributed by atoms with Crippen LogP contribution in [0, 0.1) is 5.92 Å². The van der Waals surface area contributed by atoms with Gasteiger partial charge in [-0.15, -0.1) is 0 Å². The number of unbranched alkanes of at least 4 members (excludes halogenated alkanes) is 3. The summed E-state index contributed by atoms with van der Waals surface area (Å²) in [5.41, 5.74) is 15.4. The number of amides is 10. The van der Waals surface area contributed by atoms with Crippen LogP contribution in [0.15, 0.2) is 83.6 Å². The Labute approximate surface area is 442 Å². The number of hydrogen-bond acceptors (Lipinski definition) is 13. The van der Waals surface area contributed by atoms with E-state index in [9.17, 15) is 43.2 Å². The molecule has 406 valence electrons. The van der Waals surface area contributed by atoms with E-state index in [2.05, 4.69) is 41.9 Å². The number of fused-ring (bicyclic) bond motifs is 1. The van der Waals surface area contributed by atoms with Crippen molar-refractivity contribution in [3.8, 4) is 0 Å². The summed E-state index contributed by atoms with van der Waals surface area (Å²) in [4.78, 5) is 126. The number of alkyl carbamates (subject to hydrolysis) is 1. The van der Waals surface area contributed by atoms with E-state index in [1.807, 2.05) is 18.7 Å². The average molecular weight is 1050 g/mol. The third-order valence-electron chi connectivity index (χ3n) is 12.2. The molecular formula is C54H70N12O10. The SMILES string of the molecule is CCCN(CCC)C(=O)C1=Cc2ccc(C(=O)Nc3cncc(CNC(=O)OCc4ccc(NC(=O)[C@H](CCCCNC(N)=O)NC(=O)[C@@H](NC(=O)CCCCCN5C(=O)C=CC5=O)C(C)C)cc4)c3)cc2N=C(N)C1. The van der Waals surface area contributed by atoms with Crippen molar-refractivity contribution in [2.75, 3.05) is 36.8 Å². The van der Waals surface area contributed by atoms with Crippen LogP contribution >= 0.6 is 0 Å². The third-order valence-corrected chi connectivity index (χ3v) is 12.2. The molecule has 22 heteroatoms. The van der Waals surface area contributed by atoms with Gasteiger partial charge in [-0.25, -0.2) is 14.6 Å². The number of carbonyl (C=O) groups excluding carboxylic acids is 9. The van der Waals surface area contributed by atoms with Gasteiger partial charge in [-0.1, -0.05) is 52.3 Å². The number of nitrogens with one attached hydrogen (secondary N) is 6. The van der Waals surface area contributed by atoms with Gasteiger partial charge in [-0.3, -0.25) is 43.4 Å². The van der Waals surface area contributed by atoms with E-state index < -0.39 is 41.9 Å². The quantitative estimate of drug-likeness (QED) is 0.0349. The summed E-state index contributed by atoms with van der Waals surface area (Å²) in [6.45, 7) is 9.30. The number of rotatable bonds is 28. The largest absolute Gasteiger partial charge is 0.445 e. The van der Waals surface area contributed by atoms with Crippen LogP contribution in [0.3, 0.4) is 0 Å². The van der Waals surface area contributed by atoms with E-state index in [0.29, 0.717) is 90.1 Å². The van der Waals surface area contributed by atoms with Gasteiger partial charge in [0.15, 0.2) is 0 Å². The fourth-order valence-electron chi connectivity index (χ4n) is 8.25. The molecule has 2 atom stereocenters. The number of ether oxygens (including phenoxy) is 1. The molecule has 2 aliphatic rings. The summed E-state index contributed by atoms with van der Waals surface area (Å²) in [6, 6.07) is 10.5. The number of nitrogens with zero attached hydrogens (tertiary/aromatic N) is 4. The molecule has 22 nitrogen and oxygen atoms in total. The number of aromatic nitrogens is 1. The lowest BCUT2D eigenvalue weighted by Crippen LogP contribution is -2.54. The highest BCUT2D eigenvalue weighted by molar-refractivity contribution is 6.13. The van der Waals surface area contributed by atoms with Crippen molar-refractivity contribution in [1.29, 1.82) is 0 Å². The van der Waals surface area contributed by atoms with Crippen molar-refractivity contribution < 1.29 is 47.9 Å². The van der Waals surface area contributed by atoms with E-state index >= 15 is 0 Å². The zero-order valence-corrected chi connectivity index (χ0v) is 43.6. The molecule has 76 heavy (non-hydrogen) atoms. The Balaban J connectivity index is 1.09. The number of imide groups is 1. The van der Waals surface area contributed by atoms with Crippen LogP contribution < -0.4 is 43.4 Å². The lowest BCUT2D eigenvalue weighted by Gasteiger charge is -2.25. The summed E-state index contributed by atoms with van der Waals surface area (Å²) in [6.07, 6.45) is 11.2. The zero-order valence-electron chi connectivity index (χ0n) is 43.6. The number of nitrogens with two attached hydrogens (primary N) is 2. The predicted molar refractivity (Wildman–Crippen MR) is 286 cm³/mol. The normalized spacial score (nSPS) is 13.6. The minimum Gasteiger partial charge on any atom is -0.445 e. The molecule has 10 amide bonds. The Kier molecular flexibility index (Phi) is 22.7. The third kappa shape index (κ3) is 18.5. The van der Waals surface area contributed by atoms with Crippen molar-refractivity contribution >= 4 is 82.4 Å². The molecule has 0 radical (unpaired) electrons. The van der Waals surface area contributed by atoms with Gasteiger partial charge in [0.2, 0.25) is 23.6 Å². The van der Waals surface area contributed by atoms with Crippen molar-refractivity contribution in [1.82, 2.24) is 36.1 Å². The van der Waals surface area contributed by atoms with Gasteiger partial charge in [0, 0.05) is 86.3 Å². The van der Waals surface area contributed by atoms with Crippen molar-refractivity contribution in [3.05, 3.63) is 101 Å². The van der Waals surface area contributed by atoms with Crippen molar-refractivity contribution in [2.45, 2.75) is 117 Å². The fraction of sp³-hybridized carbons (Fsp3) is 0.426. The molecule has 0 bridgehead atoms. The molecule has 0 unspecified atom stereocenters. The Hall–Kier alpha value is -8.43. The van der Waals surface area contributed by atoms with E-state index in [1.54, 1.807) is 68.5 Å². The van der Waals surface area contributed by atoms with Crippen LogP contribution in [0.5, 0.6) is 0 Å². The first-order valence-electron chi connectivity index (χ1n) is 25.6. The second-order valence-corrected chi connectivity index (χ2v) is 18.8. The van der Waals surface area contributed by atoms with E-state index in [-0.39, 0.29) is 80.9 Å². The van der Waals surface area contributed by atoms with E-state index in [0.717, 1.165) is 17.7 Å². The first-order valence-corrected chi connectivity index (χ1v) is 25.6. The van der Waals surface area contributed by atoms with Gasteiger partial charge < -0.3 is 53.0 Å². The van der Waals surface area contributed by atoms with Gasteiger partial charge in [0.05, 0.1) is 17.6 Å². The molecule has 3 aromatic rings. The molecule has 2 aromatic carbocycles. The highest BCUT2D eigenvalue weighted by atomic mass is 16.5. The van der Waals surface area contributed by atoms with Gasteiger partial charge in [-0.05, 0) is 98.4 Å². The average Bonchev–Trinajstić information content (AvgIpc) is 3.60. The monoisotopic (exact) mass is 1050 g/mol. The highest BCUT2D eigenvalue weighted by Crippen LogP contribution is 2.29. The lowest BCUT2D eigenvalue weighted by atomic mass is 10.0. The fourth-order valence-corrected chi connectivity index (χ4v) is 8.25. The summed E-state index contributed by atoms with van der Waals surface area (Å²) in [7, 11) is 0. The maximum Gasteiger partial charge on any atom is 0.407 e. The number of benzene rings is 2. The molecule has 0 spiro atoms.